The fourth-order valence-corrected chi connectivity index (χ4v) is 2.68. The highest BCUT2D eigenvalue weighted by Crippen LogP contribution is 2.31. The molecule has 1 heterocycles. The molecule has 0 aromatic heterocycles. The summed E-state index contributed by atoms with van der Waals surface area (Å²) in [6.07, 6.45) is 2.57. The van der Waals surface area contributed by atoms with Crippen molar-refractivity contribution in [1.29, 1.82) is 0 Å². The number of para-hydroxylation sites is 1. The maximum absolute atomic E-state index is 12.3. The Labute approximate surface area is 109 Å². The minimum Gasteiger partial charge on any atom is -0.317 e. The first kappa shape index (κ1) is 13.1. The van der Waals surface area contributed by atoms with Gasteiger partial charge in [0.05, 0.1) is 0 Å². The standard InChI is InChI=1S/C15H22N2O/c1-3-14(18)17(13-7-5-4-6-8-13)15(2)9-11-16-12-10-15/h4-8,16H,3,9-12H2,1-2H3. The van der Waals surface area contributed by atoms with Crippen molar-refractivity contribution in [2.45, 2.75) is 38.6 Å². The molecule has 1 N–H and O–H groups in total. The summed E-state index contributed by atoms with van der Waals surface area (Å²) in [6, 6.07) is 10.0. The lowest BCUT2D eigenvalue weighted by Gasteiger charge is -2.44. The van der Waals surface area contributed by atoms with E-state index in [0.717, 1.165) is 31.6 Å². The highest BCUT2D eigenvalue weighted by Gasteiger charge is 2.36. The summed E-state index contributed by atoms with van der Waals surface area (Å²) in [5.41, 5.74) is 0.966. The molecule has 1 saturated heterocycles. The van der Waals surface area contributed by atoms with Gasteiger partial charge in [-0.1, -0.05) is 25.1 Å². The van der Waals surface area contributed by atoms with E-state index in [4.69, 9.17) is 0 Å². The maximum atomic E-state index is 12.3. The lowest BCUT2D eigenvalue weighted by Crippen LogP contribution is -2.55. The molecule has 1 amide bonds. The van der Waals surface area contributed by atoms with E-state index in [0.29, 0.717) is 6.42 Å². The van der Waals surface area contributed by atoms with Gasteiger partial charge in [0.25, 0.3) is 0 Å². The molecule has 1 aliphatic heterocycles. The van der Waals surface area contributed by atoms with Crippen molar-refractivity contribution in [3.63, 3.8) is 0 Å². The zero-order valence-electron chi connectivity index (χ0n) is 11.3. The summed E-state index contributed by atoms with van der Waals surface area (Å²) in [5.74, 6) is 0.214. The van der Waals surface area contributed by atoms with Crippen molar-refractivity contribution in [3.05, 3.63) is 30.3 Å². The third-order valence-corrected chi connectivity index (χ3v) is 3.79. The second kappa shape index (κ2) is 5.53. The molecular weight excluding hydrogens is 224 g/mol. The van der Waals surface area contributed by atoms with Gasteiger partial charge in [-0.25, -0.2) is 0 Å². The van der Waals surface area contributed by atoms with Crippen LogP contribution < -0.4 is 10.2 Å². The highest BCUT2D eigenvalue weighted by atomic mass is 16.2. The number of anilines is 1. The summed E-state index contributed by atoms with van der Waals surface area (Å²) in [5, 5.41) is 3.37. The van der Waals surface area contributed by atoms with E-state index in [-0.39, 0.29) is 11.4 Å². The zero-order valence-corrected chi connectivity index (χ0v) is 11.3. The summed E-state index contributed by atoms with van der Waals surface area (Å²) in [7, 11) is 0. The molecule has 3 heteroatoms. The van der Waals surface area contributed by atoms with Crippen LogP contribution in [-0.4, -0.2) is 24.5 Å². The molecule has 0 radical (unpaired) electrons. The smallest absolute Gasteiger partial charge is 0.227 e. The molecule has 98 valence electrons. The lowest BCUT2D eigenvalue weighted by molar-refractivity contribution is -0.119. The van der Waals surface area contributed by atoms with Gasteiger partial charge < -0.3 is 10.2 Å². The number of rotatable bonds is 3. The molecule has 18 heavy (non-hydrogen) atoms. The third-order valence-electron chi connectivity index (χ3n) is 3.79. The van der Waals surface area contributed by atoms with E-state index in [1.54, 1.807) is 0 Å². The molecule has 0 atom stereocenters. The number of carbonyl (C=O) groups is 1. The van der Waals surface area contributed by atoms with Crippen molar-refractivity contribution >= 4 is 11.6 Å². The number of piperidine rings is 1. The number of hydrogen-bond acceptors (Lipinski definition) is 2. The molecule has 0 spiro atoms. The van der Waals surface area contributed by atoms with Crippen molar-refractivity contribution in [1.82, 2.24) is 5.32 Å². The van der Waals surface area contributed by atoms with Crippen molar-refractivity contribution in [2.75, 3.05) is 18.0 Å². The Hall–Kier alpha value is -1.35. The van der Waals surface area contributed by atoms with Crippen molar-refractivity contribution in [3.8, 4) is 0 Å². The summed E-state index contributed by atoms with van der Waals surface area (Å²) in [6.45, 7) is 6.10. The molecular formula is C15H22N2O. The summed E-state index contributed by atoms with van der Waals surface area (Å²) >= 11 is 0. The minimum absolute atomic E-state index is 0.0559. The van der Waals surface area contributed by atoms with Crippen LogP contribution in [-0.2, 0) is 4.79 Å². The highest BCUT2D eigenvalue weighted by molar-refractivity contribution is 5.94. The van der Waals surface area contributed by atoms with E-state index in [1.165, 1.54) is 0 Å². The van der Waals surface area contributed by atoms with Gasteiger partial charge >= 0.3 is 0 Å². The van der Waals surface area contributed by atoms with Gasteiger partial charge in [-0.15, -0.1) is 0 Å². The molecule has 3 nitrogen and oxygen atoms in total. The van der Waals surface area contributed by atoms with Gasteiger partial charge in [-0.05, 0) is 45.0 Å². The van der Waals surface area contributed by atoms with Gasteiger partial charge in [0.1, 0.15) is 0 Å². The molecule has 1 aromatic rings. The second-order valence-electron chi connectivity index (χ2n) is 5.17. The van der Waals surface area contributed by atoms with Crippen LogP contribution in [0.4, 0.5) is 5.69 Å². The molecule has 0 unspecified atom stereocenters. The summed E-state index contributed by atoms with van der Waals surface area (Å²) < 4.78 is 0. The third kappa shape index (κ3) is 2.56. The first-order chi connectivity index (χ1) is 8.67. The number of hydrogen-bond donors (Lipinski definition) is 1. The lowest BCUT2D eigenvalue weighted by atomic mass is 9.87. The molecule has 2 rings (SSSR count). The zero-order chi connectivity index (χ0) is 13.0. The van der Waals surface area contributed by atoms with E-state index in [9.17, 15) is 4.79 Å². The average Bonchev–Trinajstić information content (AvgIpc) is 2.40. The van der Waals surface area contributed by atoms with Crippen LogP contribution >= 0.6 is 0 Å². The number of nitrogens with one attached hydrogen (secondary N) is 1. The van der Waals surface area contributed by atoms with Gasteiger partial charge in [0.2, 0.25) is 5.91 Å². The normalized spacial score (nSPS) is 18.3. The first-order valence-electron chi connectivity index (χ1n) is 6.76. The molecule has 1 aliphatic rings. The minimum atomic E-state index is -0.0559. The van der Waals surface area contributed by atoms with Crippen LogP contribution in [0.3, 0.4) is 0 Å². The predicted molar refractivity (Wildman–Crippen MR) is 74.7 cm³/mol. The molecule has 0 aliphatic carbocycles. The van der Waals surface area contributed by atoms with Crippen LogP contribution in [0.1, 0.15) is 33.1 Å². The Kier molecular flexibility index (Phi) is 4.02. The molecule has 0 bridgehead atoms. The fourth-order valence-electron chi connectivity index (χ4n) is 2.68. The Morgan fingerprint density at radius 3 is 2.44 bits per heavy atom. The van der Waals surface area contributed by atoms with E-state index >= 15 is 0 Å². The van der Waals surface area contributed by atoms with E-state index < -0.39 is 0 Å². The second-order valence-corrected chi connectivity index (χ2v) is 5.17. The van der Waals surface area contributed by atoms with Crippen LogP contribution in [0.15, 0.2) is 30.3 Å². The Morgan fingerprint density at radius 1 is 1.28 bits per heavy atom. The monoisotopic (exact) mass is 246 g/mol. The number of benzene rings is 1. The maximum Gasteiger partial charge on any atom is 0.227 e. The van der Waals surface area contributed by atoms with Crippen LogP contribution in [0, 0.1) is 0 Å². The van der Waals surface area contributed by atoms with Gasteiger partial charge in [-0.2, -0.15) is 0 Å². The topological polar surface area (TPSA) is 32.3 Å². The molecule has 1 aromatic carbocycles. The average molecular weight is 246 g/mol. The van der Waals surface area contributed by atoms with Crippen molar-refractivity contribution < 1.29 is 4.79 Å². The van der Waals surface area contributed by atoms with Crippen LogP contribution in [0.25, 0.3) is 0 Å². The van der Waals surface area contributed by atoms with E-state index in [2.05, 4.69) is 12.2 Å². The van der Waals surface area contributed by atoms with Crippen LogP contribution in [0.2, 0.25) is 0 Å². The van der Waals surface area contributed by atoms with Gasteiger partial charge in [0.15, 0.2) is 0 Å². The fraction of sp³-hybridized carbons (Fsp3) is 0.533. The first-order valence-corrected chi connectivity index (χ1v) is 6.76. The SMILES string of the molecule is CCC(=O)N(c1ccccc1)C1(C)CCNCC1. The van der Waals surface area contributed by atoms with Crippen LogP contribution in [0.5, 0.6) is 0 Å². The quantitative estimate of drug-likeness (QED) is 0.889. The largest absolute Gasteiger partial charge is 0.317 e. The van der Waals surface area contributed by atoms with Gasteiger partial charge in [0, 0.05) is 17.6 Å². The Bertz CT molecular complexity index is 396. The van der Waals surface area contributed by atoms with E-state index in [1.807, 2.05) is 42.2 Å². The number of nitrogens with zero attached hydrogens (tertiary/aromatic N) is 1. The summed E-state index contributed by atoms with van der Waals surface area (Å²) in [4.78, 5) is 14.3. The Morgan fingerprint density at radius 2 is 1.89 bits per heavy atom. The number of carbonyl (C=O) groups excluding carboxylic acids is 1. The molecule has 1 fully saturated rings. The predicted octanol–water partition coefficient (Wildman–Crippen LogP) is 2.57. The number of amides is 1. The van der Waals surface area contributed by atoms with Crippen molar-refractivity contribution in [2.24, 2.45) is 0 Å². The van der Waals surface area contributed by atoms with Gasteiger partial charge in [-0.3, -0.25) is 4.79 Å². The Balaban J connectivity index is 2.33. The molecule has 0 saturated carbocycles.